The number of para-hydroxylation sites is 2. The first-order valence-electron chi connectivity index (χ1n) is 8.21. The first-order chi connectivity index (χ1) is 13.0. The molecule has 7 nitrogen and oxygen atoms in total. The summed E-state index contributed by atoms with van der Waals surface area (Å²) >= 11 is 1.00. The van der Waals surface area contributed by atoms with Gasteiger partial charge in [-0.2, -0.15) is 5.10 Å². The standard InChI is InChI=1S/C19H18N4O3S/c1-12-6-2-4-8-14(12)23-17(25)10-16(18(23)26)27-19(20)22-21-11-13-7-3-5-9-15(13)24/h2-9,11,16,24H,10H2,1H3,(H2,20,22). The zero-order valence-electron chi connectivity index (χ0n) is 14.6. The van der Waals surface area contributed by atoms with Gasteiger partial charge in [0, 0.05) is 12.0 Å². The van der Waals surface area contributed by atoms with E-state index in [4.69, 9.17) is 5.73 Å². The van der Waals surface area contributed by atoms with E-state index >= 15 is 0 Å². The smallest absolute Gasteiger partial charge is 0.247 e. The molecule has 0 saturated carbocycles. The molecule has 2 amide bonds. The lowest BCUT2D eigenvalue weighted by molar-refractivity contribution is -0.121. The lowest BCUT2D eigenvalue weighted by Crippen LogP contribution is -2.32. The van der Waals surface area contributed by atoms with Gasteiger partial charge in [-0.1, -0.05) is 42.1 Å². The molecule has 1 aliphatic heterocycles. The second-order valence-electron chi connectivity index (χ2n) is 5.91. The van der Waals surface area contributed by atoms with Crippen molar-refractivity contribution in [1.82, 2.24) is 0 Å². The third kappa shape index (κ3) is 4.17. The van der Waals surface area contributed by atoms with Gasteiger partial charge in [0.1, 0.15) is 11.0 Å². The molecule has 27 heavy (non-hydrogen) atoms. The summed E-state index contributed by atoms with van der Waals surface area (Å²) in [4.78, 5) is 26.2. The van der Waals surface area contributed by atoms with Crippen molar-refractivity contribution in [3.63, 3.8) is 0 Å². The third-order valence-electron chi connectivity index (χ3n) is 4.01. The predicted octanol–water partition coefficient (Wildman–Crippen LogP) is 2.41. The van der Waals surface area contributed by atoms with Gasteiger partial charge in [0.15, 0.2) is 5.17 Å². The summed E-state index contributed by atoms with van der Waals surface area (Å²) in [6.07, 6.45) is 1.42. The first kappa shape index (κ1) is 18.7. The largest absolute Gasteiger partial charge is 0.507 e. The highest BCUT2D eigenvalue weighted by Gasteiger charge is 2.41. The van der Waals surface area contributed by atoms with Crippen LogP contribution in [0.3, 0.4) is 0 Å². The van der Waals surface area contributed by atoms with Gasteiger partial charge < -0.3 is 10.8 Å². The van der Waals surface area contributed by atoms with Crippen LogP contribution in [-0.2, 0) is 9.59 Å². The van der Waals surface area contributed by atoms with Gasteiger partial charge in [0.05, 0.1) is 11.9 Å². The minimum absolute atomic E-state index is 0.0528. The highest BCUT2D eigenvalue weighted by atomic mass is 32.2. The SMILES string of the molecule is Cc1ccccc1N1C(=O)CC(SC(N)=NN=Cc2ccccc2O)C1=O. The molecule has 0 aromatic heterocycles. The summed E-state index contributed by atoms with van der Waals surface area (Å²) in [7, 11) is 0. The average molecular weight is 382 g/mol. The van der Waals surface area contributed by atoms with Crippen molar-refractivity contribution in [2.24, 2.45) is 15.9 Å². The maximum Gasteiger partial charge on any atom is 0.247 e. The number of thioether (sulfide) groups is 1. The molecule has 1 saturated heterocycles. The zero-order valence-corrected chi connectivity index (χ0v) is 15.4. The van der Waals surface area contributed by atoms with Crippen LogP contribution in [-0.4, -0.2) is 33.6 Å². The van der Waals surface area contributed by atoms with E-state index in [0.29, 0.717) is 11.3 Å². The Balaban J connectivity index is 1.69. The summed E-state index contributed by atoms with van der Waals surface area (Å²) < 4.78 is 0. The van der Waals surface area contributed by atoms with Gasteiger partial charge in [0.25, 0.3) is 0 Å². The summed E-state index contributed by atoms with van der Waals surface area (Å²) in [5, 5.41) is 16.8. The highest BCUT2D eigenvalue weighted by Crippen LogP contribution is 2.31. The molecule has 3 N–H and O–H groups in total. The third-order valence-corrected chi connectivity index (χ3v) is 4.99. The van der Waals surface area contributed by atoms with Crippen LogP contribution in [0.1, 0.15) is 17.5 Å². The van der Waals surface area contributed by atoms with E-state index in [-0.39, 0.29) is 29.2 Å². The number of nitrogens with two attached hydrogens (primary N) is 1. The van der Waals surface area contributed by atoms with Gasteiger partial charge in [-0.25, -0.2) is 4.90 Å². The normalized spacial score (nSPS) is 17.9. The molecule has 138 valence electrons. The maximum absolute atomic E-state index is 12.6. The fourth-order valence-corrected chi connectivity index (χ4v) is 3.50. The molecule has 2 aromatic carbocycles. The zero-order chi connectivity index (χ0) is 19.4. The van der Waals surface area contributed by atoms with E-state index in [0.717, 1.165) is 17.3 Å². The van der Waals surface area contributed by atoms with E-state index in [2.05, 4.69) is 10.2 Å². The molecule has 1 fully saturated rings. The maximum atomic E-state index is 12.6. The van der Waals surface area contributed by atoms with Crippen LogP contribution in [0.5, 0.6) is 5.75 Å². The number of amides is 2. The number of phenolic OH excluding ortho intramolecular Hbond substituents is 1. The van der Waals surface area contributed by atoms with E-state index in [1.807, 2.05) is 19.1 Å². The van der Waals surface area contributed by atoms with Crippen molar-refractivity contribution in [3.05, 3.63) is 59.7 Å². The quantitative estimate of drug-likeness (QED) is 0.365. The second-order valence-corrected chi connectivity index (χ2v) is 7.13. The summed E-state index contributed by atoms with van der Waals surface area (Å²) in [5.74, 6) is -0.507. The van der Waals surface area contributed by atoms with Crippen LogP contribution < -0.4 is 10.6 Å². The second kappa shape index (κ2) is 8.05. The Morgan fingerprint density at radius 2 is 1.93 bits per heavy atom. The number of aryl methyl sites for hydroxylation is 1. The topological polar surface area (TPSA) is 108 Å². The number of hydrogen-bond donors (Lipinski definition) is 2. The van der Waals surface area contributed by atoms with E-state index < -0.39 is 5.25 Å². The summed E-state index contributed by atoms with van der Waals surface area (Å²) in [6.45, 7) is 1.85. The molecule has 0 aliphatic carbocycles. The van der Waals surface area contributed by atoms with Gasteiger partial charge in [0.2, 0.25) is 11.8 Å². The molecular weight excluding hydrogens is 364 g/mol. The number of benzene rings is 2. The van der Waals surface area contributed by atoms with Crippen molar-refractivity contribution in [2.45, 2.75) is 18.6 Å². The van der Waals surface area contributed by atoms with Gasteiger partial charge in [-0.15, -0.1) is 5.10 Å². The molecule has 0 radical (unpaired) electrons. The molecular formula is C19H18N4O3S. The molecule has 8 heteroatoms. The number of carbonyl (C=O) groups excluding carboxylic acids is 2. The Hall–Kier alpha value is -3.13. The van der Waals surface area contributed by atoms with E-state index in [1.54, 1.807) is 30.3 Å². The van der Waals surface area contributed by atoms with Crippen molar-refractivity contribution < 1.29 is 14.7 Å². The molecule has 1 heterocycles. The molecule has 3 rings (SSSR count). The average Bonchev–Trinajstić information content (AvgIpc) is 2.91. The molecule has 1 atom stereocenters. The predicted molar refractivity (Wildman–Crippen MR) is 107 cm³/mol. The number of carbonyl (C=O) groups is 2. The van der Waals surface area contributed by atoms with Crippen LogP contribution in [0.15, 0.2) is 58.7 Å². The van der Waals surface area contributed by atoms with Crippen molar-refractivity contribution >= 4 is 40.6 Å². The number of anilines is 1. The monoisotopic (exact) mass is 382 g/mol. The van der Waals surface area contributed by atoms with Crippen LogP contribution >= 0.6 is 11.8 Å². The van der Waals surface area contributed by atoms with Crippen LogP contribution in [0.25, 0.3) is 0 Å². The van der Waals surface area contributed by atoms with Crippen molar-refractivity contribution in [2.75, 3.05) is 4.90 Å². The van der Waals surface area contributed by atoms with Gasteiger partial charge >= 0.3 is 0 Å². The number of aromatic hydroxyl groups is 1. The minimum atomic E-state index is -0.638. The molecule has 2 aromatic rings. The van der Waals surface area contributed by atoms with Crippen LogP contribution in [0.4, 0.5) is 5.69 Å². The fraction of sp³-hybridized carbons (Fsp3) is 0.158. The first-order valence-corrected chi connectivity index (χ1v) is 9.09. The van der Waals surface area contributed by atoms with Gasteiger partial charge in [-0.3, -0.25) is 9.59 Å². The number of hydrogen-bond acceptors (Lipinski definition) is 6. The molecule has 1 aliphatic rings. The number of amidine groups is 1. The Labute approximate surface area is 160 Å². The fourth-order valence-electron chi connectivity index (χ4n) is 2.68. The highest BCUT2D eigenvalue weighted by molar-refractivity contribution is 8.14. The van der Waals surface area contributed by atoms with E-state index in [1.165, 1.54) is 17.2 Å². The Morgan fingerprint density at radius 1 is 1.22 bits per heavy atom. The number of nitrogens with zero attached hydrogens (tertiary/aromatic N) is 3. The summed E-state index contributed by atoms with van der Waals surface area (Å²) in [5.41, 5.74) is 7.76. The van der Waals surface area contributed by atoms with Crippen molar-refractivity contribution in [3.8, 4) is 5.75 Å². The van der Waals surface area contributed by atoms with Gasteiger partial charge in [-0.05, 0) is 30.7 Å². The lowest BCUT2D eigenvalue weighted by atomic mass is 10.2. The Kier molecular flexibility index (Phi) is 5.56. The molecule has 0 bridgehead atoms. The molecule has 1 unspecified atom stereocenters. The molecule has 0 spiro atoms. The summed E-state index contributed by atoms with van der Waals surface area (Å²) in [6, 6.07) is 13.9. The minimum Gasteiger partial charge on any atom is -0.507 e. The number of phenols is 1. The number of imide groups is 1. The van der Waals surface area contributed by atoms with E-state index in [9.17, 15) is 14.7 Å². The Morgan fingerprint density at radius 3 is 2.67 bits per heavy atom. The van der Waals surface area contributed by atoms with Crippen LogP contribution in [0.2, 0.25) is 0 Å². The van der Waals surface area contributed by atoms with Crippen molar-refractivity contribution in [1.29, 1.82) is 0 Å². The number of rotatable bonds is 4. The lowest BCUT2D eigenvalue weighted by Gasteiger charge is -2.16. The Bertz CT molecular complexity index is 942. The van der Waals surface area contributed by atoms with Crippen LogP contribution in [0, 0.1) is 6.92 Å².